The van der Waals surface area contributed by atoms with Gasteiger partial charge in [-0.2, -0.15) is 0 Å². The largest absolute Gasteiger partial charge is 0.396 e. The topological polar surface area (TPSA) is 49.2 Å². The Morgan fingerprint density at radius 3 is 2.78 bits per heavy atom. The molecule has 0 saturated carbocycles. The molecule has 100 valence electrons. The Labute approximate surface area is 113 Å². The number of hydrogen-bond acceptors (Lipinski definition) is 4. The van der Waals surface area contributed by atoms with Gasteiger partial charge in [-0.25, -0.2) is 9.97 Å². The number of rotatable bonds is 3. The smallest absolute Gasteiger partial charge is 0.171 e. The molecule has 4 nitrogen and oxygen atoms in total. The maximum absolute atomic E-state index is 9.04. The van der Waals surface area contributed by atoms with Gasteiger partial charge in [0.1, 0.15) is 0 Å². The van der Waals surface area contributed by atoms with Gasteiger partial charge in [-0.3, -0.25) is 0 Å². The number of piperidine rings is 1. The van der Waals surface area contributed by atoms with Crippen molar-refractivity contribution in [3.8, 4) is 0 Å². The van der Waals surface area contributed by atoms with Crippen LogP contribution in [0.5, 0.6) is 0 Å². The molecule has 1 aromatic rings. The molecule has 2 heterocycles. The van der Waals surface area contributed by atoms with E-state index in [0.29, 0.717) is 11.1 Å². The number of anilines is 1. The molecule has 1 atom stereocenters. The Morgan fingerprint density at radius 2 is 2.06 bits per heavy atom. The lowest BCUT2D eigenvalue weighted by Gasteiger charge is -2.33. The zero-order valence-corrected chi connectivity index (χ0v) is 11.7. The standard InChI is InChI=1S/C13H20ClN3O/c1-9-10(2)16-13(12(14)15-9)17-6-3-4-11(8-17)5-7-18/h11,18H,3-8H2,1-2H3. The second-order valence-corrected chi connectivity index (χ2v) is 5.33. The average molecular weight is 270 g/mol. The van der Waals surface area contributed by atoms with Crippen LogP contribution in [-0.4, -0.2) is 34.8 Å². The maximum atomic E-state index is 9.04. The lowest BCUT2D eigenvalue weighted by atomic mass is 9.95. The average Bonchev–Trinajstić information content (AvgIpc) is 2.34. The van der Waals surface area contributed by atoms with Crippen molar-refractivity contribution in [1.82, 2.24) is 9.97 Å². The molecule has 2 rings (SSSR count). The number of aliphatic hydroxyl groups is 1. The van der Waals surface area contributed by atoms with Gasteiger partial charge in [-0.1, -0.05) is 11.6 Å². The van der Waals surface area contributed by atoms with E-state index in [4.69, 9.17) is 16.7 Å². The van der Waals surface area contributed by atoms with Crippen molar-refractivity contribution in [2.24, 2.45) is 5.92 Å². The first-order valence-corrected chi connectivity index (χ1v) is 6.86. The summed E-state index contributed by atoms with van der Waals surface area (Å²) in [4.78, 5) is 11.1. The quantitative estimate of drug-likeness (QED) is 0.915. The van der Waals surface area contributed by atoms with Gasteiger partial charge in [0.15, 0.2) is 11.0 Å². The first-order valence-electron chi connectivity index (χ1n) is 6.48. The minimum Gasteiger partial charge on any atom is -0.396 e. The molecule has 1 unspecified atom stereocenters. The fraction of sp³-hybridized carbons (Fsp3) is 0.692. The summed E-state index contributed by atoms with van der Waals surface area (Å²) in [6, 6.07) is 0. The molecule has 0 aliphatic carbocycles. The van der Waals surface area contributed by atoms with E-state index in [1.54, 1.807) is 0 Å². The van der Waals surface area contributed by atoms with Gasteiger partial charge >= 0.3 is 0 Å². The number of halogens is 1. The van der Waals surface area contributed by atoms with Gasteiger partial charge < -0.3 is 10.0 Å². The summed E-state index contributed by atoms with van der Waals surface area (Å²) < 4.78 is 0. The van der Waals surface area contributed by atoms with Crippen molar-refractivity contribution in [3.63, 3.8) is 0 Å². The number of aromatic nitrogens is 2. The van der Waals surface area contributed by atoms with Gasteiger partial charge in [0, 0.05) is 19.7 Å². The third-order valence-corrected chi connectivity index (χ3v) is 3.86. The van der Waals surface area contributed by atoms with Crippen molar-refractivity contribution < 1.29 is 5.11 Å². The Bertz CT molecular complexity index is 423. The summed E-state index contributed by atoms with van der Waals surface area (Å²) in [5.41, 5.74) is 1.81. The van der Waals surface area contributed by atoms with Gasteiger partial charge in [-0.05, 0) is 39.0 Å². The minimum absolute atomic E-state index is 0.255. The van der Waals surface area contributed by atoms with Crippen LogP contribution in [0.25, 0.3) is 0 Å². The van der Waals surface area contributed by atoms with Gasteiger partial charge in [-0.15, -0.1) is 0 Å². The van der Waals surface area contributed by atoms with Crippen LogP contribution in [0.15, 0.2) is 0 Å². The Kier molecular flexibility index (Phi) is 4.40. The highest BCUT2D eigenvalue weighted by molar-refractivity contribution is 6.31. The Balaban J connectivity index is 2.18. The second kappa shape index (κ2) is 5.85. The van der Waals surface area contributed by atoms with E-state index in [1.165, 1.54) is 6.42 Å². The monoisotopic (exact) mass is 269 g/mol. The van der Waals surface area contributed by atoms with Crippen molar-refractivity contribution in [1.29, 1.82) is 0 Å². The molecule has 0 radical (unpaired) electrons. The van der Waals surface area contributed by atoms with E-state index >= 15 is 0 Å². The SMILES string of the molecule is Cc1nc(Cl)c(N2CCCC(CCO)C2)nc1C. The molecule has 1 aliphatic rings. The fourth-order valence-corrected chi connectivity index (χ4v) is 2.73. The number of nitrogens with zero attached hydrogens (tertiary/aromatic N) is 3. The van der Waals surface area contributed by atoms with Gasteiger partial charge in [0.2, 0.25) is 0 Å². The highest BCUT2D eigenvalue weighted by Gasteiger charge is 2.23. The highest BCUT2D eigenvalue weighted by Crippen LogP contribution is 2.28. The molecular weight excluding hydrogens is 250 g/mol. The summed E-state index contributed by atoms with van der Waals surface area (Å²) in [6.07, 6.45) is 3.15. The maximum Gasteiger partial charge on any atom is 0.171 e. The van der Waals surface area contributed by atoms with E-state index < -0.39 is 0 Å². The van der Waals surface area contributed by atoms with Crippen LogP contribution in [0.4, 0.5) is 5.82 Å². The van der Waals surface area contributed by atoms with Crippen molar-refractivity contribution in [2.75, 3.05) is 24.6 Å². The molecule has 1 saturated heterocycles. The van der Waals surface area contributed by atoms with E-state index in [1.807, 2.05) is 13.8 Å². The molecule has 0 amide bonds. The molecule has 1 aliphatic heterocycles. The fourth-order valence-electron chi connectivity index (χ4n) is 2.44. The lowest BCUT2D eigenvalue weighted by Crippen LogP contribution is -2.36. The van der Waals surface area contributed by atoms with Crippen LogP contribution in [0.2, 0.25) is 5.15 Å². The minimum atomic E-state index is 0.255. The molecule has 1 aromatic heterocycles. The zero-order chi connectivity index (χ0) is 13.1. The van der Waals surface area contributed by atoms with Crippen LogP contribution in [0, 0.1) is 19.8 Å². The second-order valence-electron chi connectivity index (χ2n) is 4.98. The third-order valence-electron chi connectivity index (χ3n) is 3.60. The molecule has 0 spiro atoms. The normalized spacial score (nSPS) is 20.2. The number of hydrogen-bond donors (Lipinski definition) is 1. The zero-order valence-electron chi connectivity index (χ0n) is 11.0. The molecule has 0 bridgehead atoms. The van der Waals surface area contributed by atoms with Crippen molar-refractivity contribution in [2.45, 2.75) is 33.1 Å². The van der Waals surface area contributed by atoms with Gasteiger partial charge in [0.05, 0.1) is 11.4 Å². The van der Waals surface area contributed by atoms with E-state index in [0.717, 1.165) is 43.1 Å². The first-order chi connectivity index (χ1) is 8.61. The van der Waals surface area contributed by atoms with Crippen molar-refractivity contribution in [3.05, 3.63) is 16.5 Å². The third kappa shape index (κ3) is 2.93. The predicted octanol–water partition coefficient (Wildman–Crippen LogP) is 2.35. The number of aliphatic hydroxyl groups excluding tert-OH is 1. The van der Waals surface area contributed by atoms with Crippen molar-refractivity contribution >= 4 is 17.4 Å². The number of aryl methyl sites for hydroxylation is 2. The van der Waals surface area contributed by atoms with Crippen LogP contribution in [0.1, 0.15) is 30.7 Å². The summed E-state index contributed by atoms with van der Waals surface area (Å²) >= 11 is 6.19. The highest BCUT2D eigenvalue weighted by atomic mass is 35.5. The van der Waals surface area contributed by atoms with Crippen LogP contribution in [-0.2, 0) is 0 Å². The molecule has 1 fully saturated rings. The lowest BCUT2D eigenvalue weighted by molar-refractivity contribution is 0.244. The molecule has 1 N–H and O–H groups in total. The van der Waals surface area contributed by atoms with Crippen LogP contribution >= 0.6 is 11.6 Å². The molecular formula is C13H20ClN3O. The summed E-state index contributed by atoms with van der Waals surface area (Å²) in [7, 11) is 0. The predicted molar refractivity (Wildman–Crippen MR) is 73.2 cm³/mol. The Hall–Kier alpha value is -0.870. The van der Waals surface area contributed by atoms with Gasteiger partial charge in [0.25, 0.3) is 0 Å². The van der Waals surface area contributed by atoms with Crippen LogP contribution < -0.4 is 4.90 Å². The Morgan fingerprint density at radius 1 is 1.33 bits per heavy atom. The molecule has 18 heavy (non-hydrogen) atoms. The summed E-state index contributed by atoms with van der Waals surface area (Å²) in [6.45, 7) is 6.02. The molecule has 5 heteroatoms. The van der Waals surface area contributed by atoms with E-state index in [-0.39, 0.29) is 6.61 Å². The summed E-state index contributed by atoms with van der Waals surface area (Å²) in [5.74, 6) is 1.32. The summed E-state index contributed by atoms with van der Waals surface area (Å²) in [5, 5.41) is 9.53. The first kappa shape index (κ1) is 13.6. The van der Waals surface area contributed by atoms with Crippen LogP contribution in [0.3, 0.4) is 0 Å². The van der Waals surface area contributed by atoms with E-state index in [2.05, 4.69) is 14.9 Å². The molecule has 0 aromatic carbocycles. The van der Waals surface area contributed by atoms with E-state index in [9.17, 15) is 0 Å².